The Labute approximate surface area is 150 Å². The minimum atomic E-state index is -1.12. The van der Waals surface area contributed by atoms with Gasteiger partial charge in [0.25, 0.3) is 5.91 Å². The molecule has 0 spiro atoms. The van der Waals surface area contributed by atoms with Crippen LogP contribution in [0.4, 0.5) is 10.1 Å². The molecule has 0 aromatic heterocycles. The molecule has 26 heavy (non-hydrogen) atoms. The summed E-state index contributed by atoms with van der Waals surface area (Å²) < 4.78 is 13.3. The maximum Gasteiger partial charge on any atom is 0.272 e. The van der Waals surface area contributed by atoms with Crippen LogP contribution < -0.4 is 16.0 Å². The number of para-hydroxylation sites is 1. The van der Waals surface area contributed by atoms with E-state index in [9.17, 15) is 14.0 Å². The maximum atomic E-state index is 13.3. The number of nitrogens with zero attached hydrogens (tertiary/aromatic N) is 2. The van der Waals surface area contributed by atoms with E-state index in [0.717, 1.165) is 0 Å². The Morgan fingerprint density at radius 2 is 1.88 bits per heavy atom. The highest BCUT2D eigenvalue weighted by molar-refractivity contribution is 6.20. The van der Waals surface area contributed by atoms with Crippen LogP contribution in [0.1, 0.15) is 18.1 Å². The van der Waals surface area contributed by atoms with Gasteiger partial charge in [0.05, 0.1) is 17.4 Å². The minimum absolute atomic E-state index is 0.369. The molecule has 3 rings (SSSR count). The Balaban J connectivity index is 2.14. The second-order valence-corrected chi connectivity index (χ2v) is 6.10. The Hall–Kier alpha value is -3.06. The summed E-state index contributed by atoms with van der Waals surface area (Å²) in [4.78, 5) is 30.7. The summed E-state index contributed by atoms with van der Waals surface area (Å²) in [6.45, 7) is 1.53. The first-order chi connectivity index (χ1) is 12.4. The van der Waals surface area contributed by atoms with Gasteiger partial charge in [-0.15, -0.1) is 0 Å². The summed E-state index contributed by atoms with van der Waals surface area (Å²) in [6.07, 6.45) is -1.12. The van der Waals surface area contributed by atoms with Crippen LogP contribution in [0, 0.1) is 5.82 Å². The van der Waals surface area contributed by atoms with Crippen molar-refractivity contribution in [2.75, 3.05) is 11.9 Å². The van der Waals surface area contributed by atoms with E-state index in [1.54, 1.807) is 25.2 Å². The van der Waals surface area contributed by atoms with Crippen molar-refractivity contribution in [1.82, 2.24) is 5.32 Å². The van der Waals surface area contributed by atoms with Gasteiger partial charge in [0.2, 0.25) is 12.1 Å². The lowest BCUT2D eigenvalue weighted by Crippen LogP contribution is -2.50. The van der Waals surface area contributed by atoms with Crippen molar-refractivity contribution in [3.05, 3.63) is 65.5 Å². The molecule has 0 fully saturated rings. The molecule has 7 heteroatoms. The number of rotatable bonds is 3. The van der Waals surface area contributed by atoms with E-state index in [2.05, 4.69) is 10.3 Å². The number of nitrogens with two attached hydrogens (primary N) is 1. The van der Waals surface area contributed by atoms with Crippen LogP contribution in [-0.2, 0) is 9.59 Å². The van der Waals surface area contributed by atoms with Crippen molar-refractivity contribution >= 4 is 23.2 Å². The standard InChI is InChI=1S/C19H19FN4O2/c1-11(21)18(25)23-17-19(26)24(2)15-6-4-3-5-14(15)16(22-17)12-7-9-13(20)10-8-12/h3-11,17H,21H2,1-2H3,(H,23,25). The second kappa shape index (κ2) is 7.05. The quantitative estimate of drug-likeness (QED) is 0.874. The number of aliphatic imine (C=N–C) groups is 1. The molecule has 2 amide bonds. The van der Waals surface area contributed by atoms with Gasteiger partial charge in [-0.05, 0) is 37.3 Å². The Morgan fingerprint density at radius 1 is 1.23 bits per heavy atom. The summed E-state index contributed by atoms with van der Waals surface area (Å²) in [5.41, 5.74) is 8.09. The third-order valence-corrected chi connectivity index (χ3v) is 4.15. The summed E-state index contributed by atoms with van der Waals surface area (Å²) in [6, 6.07) is 12.3. The normalized spacial score (nSPS) is 17.8. The van der Waals surface area contributed by atoms with Gasteiger partial charge in [0, 0.05) is 18.2 Å². The zero-order valence-electron chi connectivity index (χ0n) is 14.4. The minimum Gasteiger partial charge on any atom is -0.325 e. The van der Waals surface area contributed by atoms with E-state index in [-0.39, 0.29) is 11.7 Å². The molecule has 1 aliphatic heterocycles. The third-order valence-electron chi connectivity index (χ3n) is 4.15. The van der Waals surface area contributed by atoms with E-state index in [1.165, 1.54) is 24.0 Å². The zero-order valence-corrected chi connectivity index (χ0v) is 14.4. The Bertz CT molecular complexity index is 877. The van der Waals surface area contributed by atoms with Crippen molar-refractivity contribution in [1.29, 1.82) is 0 Å². The average Bonchev–Trinajstić information content (AvgIpc) is 2.73. The molecule has 2 atom stereocenters. The predicted octanol–water partition coefficient (Wildman–Crippen LogP) is 1.43. The number of amides is 2. The van der Waals surface area contributed by atoms with Gasteiger partial charge in [-0.1, -0.05) is 18.2 Å². The summed E-state index contributed by atoms with van der Waals surface area (Å²) in [5, 5.41) is 2.57. The maximum absolute atomic E-state index is 13.3. The highest BCUT2D eigenvalue weighted by atomic mass is 19.1. The molecule has 2 aromatic rings. The molecule has 6 nitrogen and oxygen atoms in total. The van der Waals surface area contributed by atoms with Crippen LogP contribution in [0.15, 0.2) is 53.5 Å². The molecule has 0 saturated carbocycles. The third kappa shape index (κ3) is 3.34. The largest absolute Gasteiger partial charge is 0.325 e. The summed E-state index contributed by atoms with van der Waals surface area (Å²) >= 11 is 0. The van der Waals surface area contributed by atoms with Crippen molar-refractivity contribution in [3.8, 4) is 0 Å². The Morgan fingerprint density at radius 3 is 2.54 bits per heavy atom. The topological polar surface area (TPSA) is 87.8 Å². The molecule has 0 aliphatic carbocycles. The number of hydrogen-bond donors (Lipinski definition) is 2. The van der Waals surface area contributed by atoms with Crippen LogP contribution >= 0.6 is 0 Å². The number of likely N-dealkylation sites (N-methyl/N-ethyl adjacent to an activating group) is 1. The highest BCUT2D eigenvalue weighted by Gasteiger charge is 2.31. The van der Waals surface area contributed by atoms with Crippen LogP contribution in [-0.4, -0.2) is 36.8 Å². The summed E-state index contributed by atoms with van der Waals surface area (Å²) in [7, 11) is 1.62. The molecule has 2 unspecified atom stereocenters. The first kappa shape index (κ1) is 17.8. The molecule has 0 saturated heterocycles. The van der Waals surface area contributed by atoms with Crippen molar-refractivity contribution in [2.24, 2.45) is 10.7 Å². The smallest absolute Gasteiger partial charge is 0.272 e. The van der Waals surface area contributed by atoms with Gasteiger partial charge < -0.3 is 16.0 Å². The molecular formula is C19H19FN4O2. The van der Waals surface area contributed by atoms with Gasteiger partial charge >= 0.3 is 0 Å². The van der Waals surface area contributed by atoms with E-state index in [4.69, 9.17) is 5.73 Å². The molecule has 1 heterocycles. The Kier molecular flexibility index (Phi) is 4.81. The molecule has 1 aliphatic rings. The van der Waals surface area contributed by atoms with Crippen LogP contribution in [0.2, 0.25) is 0 Å². The van der Waals surface area contributed by atoms with E-state index < -0.39 is 18.1 Å². The number of nitrogens with one attached hydrogen (secondary N) is 1. The average molecular weight is 354 g/mol. The van der Waals surface area contributed by atoms with Gasteiger partial charge in [-0.25, -0.2) is 9.38 Å². The van der Waals surface area contributed by atoms with E-state index in [0.29, 0.717) is 22.5 Å². The lowest BCUT2D eigenvalue weighted by atomic mass is 10.0. The van der Waals surface area contributed by atoms with Gasteiger partial charge in [0.15, 0.2) is 0 Å². The summed E-state index contributed by atoms with van der Waals surface area (Å²) in [5.74, 6) is -1.24. The van der Waals surface area contributed by atoms with Crippen molar-refractivity contribution in [3.63, 3.8) is 0 Å². The van der Waals surface area contributed by atoms with Gasteiger partial charge in [0.1, 0.15) is 5.82 Å². The first-order valence-electron chi connectivity index (χ1n) is 8.15. The highest BCUT2D eigenvalue weighted by Crippen LogP contribution is 2.27. The molecule has 0 bridgehead atoms. The zero-order chi connectivity index (χ0) is 18.8. The SMILES string of the molecule is CC(N)C(=O)NC1N=C(c2ccc(F)cc2)c2ccccc2N(C)C1=O. The lowest BCUT2D eigenvalue weighted by molar-refractivity contribution is -0.127. The molecule has 134 valence electrons. The van der Waals surface area contributed by atoms with Crippen LogP contribution in [0.25, 0.3) is 0 Å². The lowest BCUT2D eigenvalue weighted by Gasteiger charge is -2.21. The van der Waals surface area contributed by atoms with Crippen LogP contribution in [0.5, 0.6) is 0 Å². The molecule has 2 aromatic carbocycles. The second-order valence-electron chi connectivity index (χ2n) is 6.10. The fourth-order valence-electron chi connectivity index (χ4n) is 2.72. The number of carbonyl (C=O) groups excluding carboxylic acids is 2. The van der Waals surface area contributed by atoms with Gasteiger partial charge in [-0.3, -0.25) is 9.59 Å². The number of benzene rings is 2. The number of halogens is 1. The first-order valence-corrected chi connectivity index (χ1v) is 8.15. The number of hydrogen-bond acceptors (Lipinski definition) is 4. The number of carbonyl (C=O) groups is 2. The fraction of sp³-hybridized carbons (Fsp3) is 0.211. The molecule has 0 radical (unpaired) electrons. The van der Waals surface area contributed by atoms with E-state index >= 15 is 0 Å². The molecule has 3 N–H and O–H groups in total. The van der Waals surface area contributed by atoms with Gasteiger partial charge in [-0.2, -0.15) is 0 Å². The van der Waals surface area contributed by atoms with E-state index in [1.807, 2.05) is 18.2 Å². The van der Waals surface area contributed by atoms with Crippen molar-refractivity contribution in [2.45, 2.75) is 19.1 Å². The van der Waals surface area contributed by atoms with Crippen LogP contribution in [0.3, 0.4) is 0 Å². The number of benzodiazepines with no additional fused rings is 1. The monoisotopic (exact) mass is 354 g/mol. The fourth-order valence-corrected chi connectivity index (χ4v) is 2.72. The number of anilines is 1. The van der Waals surface area contributed by atoms with Crippen molar-refractivity contribution < 1.29 is 14.0 Å². The molecular weight excluding hydrogens is 335 g/mol. The number of fused-ring (bicyclic) bond motifs is 1. The predicted molar refractivity (Wildman–Crippen MR) is 97.5 cm³/mol.